The van der Waals surface area contributed by atoms with E-state index in [1.165, 1.54) is 30.7 Å². The number of carbonyl (C=O) groups is 1. The minimum atomic E-state index is -4.67. The molecule has 1 N–H and O–H groups in total. The highest BCUT2D eigenvalue weighted by molar-refractivity contribution is 6.06. The molecule has 0 aliphatic heterocycles. The fourth-order valence-electron chi connectivity index (χ4n) is 2.15. The van der Waals surface area contributed by atoms with Crippen molar-refractivity contribution < 1.29 is 27.1 Å². The highest BCUT2D eigenvalue weighted by Crippen LogP contribution is 2.32. The van der Waals surface area contributed by atoms with Gasteiger partial charge in [0.1, 0.15) is 17.1 Å². The Bertz CT molecular complexity index is 962. The second-order valence-electron chi connectivity index (χ2n) is 5.29. The van der Waals surface area contributed by atoms with E-state index < -0.39 is 29.2 Å². The number of anilines is 1. The van der Waals surface area contributed by atoms with Crippen LogP contribution in [0, 0.1) is 5.82 Å². The summed E-state index contributed by atoms with van der Waals surface area (Å²) in [6.07, 6.45) is -0.387. The molecule has 2 aromatic heterocycles. The number of hydrogen-bond acceptors (Lipinski definition) is 4. The Morgan fingerprint density at radius 2 is 1.85 bits per heavy atom. The summed E-state index contributed by atoms with van der Waals surface area (Å²) in [5.41, 5.74) is -1.78. The van der Waals surface area contributed by atoms with Crippen molar-refractivity contribution in [1.29, 1.82) is 0 Å². The number of nitrogens with one attached hydrogen (secondary N) is 1. The maximum absolute atomic E-state index is 13.8. The SMILES string of the molecule is O=C(Nc1cc(C(F)(F)F)ccc1F)c1cccnc1Oc1cccnc1. The molecule has 0 fully saturated rings. The van der Waals surface area contributed by atoms with Crippen LogP contribution in [0.15, 0.2) is 61.1 Å². The van der Waals surface area contributed by atoms with Gasteiger partial charge in [-0.15, -0.1) is 0 Å². The summed E-state index contributed by atoms with van der Waals surface area (Å²) in [5, 5.41) is 2.12. The molecule has 5 nitrogen and oxygen atoms in total. The molecule has 0 saturated heterocycles. The second kappa shape index (κ2) is 7.40. The molecule has 0 aliphatic carbocycles. The van der Waals surface area contributed by atoms with Crippen LogP contribution in [0.1, 0.15) is 15.9 Å². The summed E-state index contributed by atoms with van der Waals surface area (Å²) in [4.78, 5) is 20.2. The average Bonchev–Trinajstić information content (AvgIpc) is 2.64. The predicted molar refractivity (Wildman–Crippen MR) is 87.9 cm³/mol. The van der Waals surface area contributed by atoms with Gasteiger partial charge in [0.15, 0.2) is 0 Å². The molecule has 1 amide bonds. The van der Waals surface area contributed by atoms with Gasteiger partial charge in [0.25, 0.3) is 5.91 Å². The van der Waals surface area contributed by atoms with Crippen molar-refractivity contribution in [3.05, 3.63) is 78.0 Å². The lowest BCUT2D eigenvalue weighted by molar-refractivity contribution is -0.137. The molecule has 0 bridgehead atoms. The number of pyridine rings is 2. The molecule has 138 valence electrons. The van der Waals surface area contributed by atoms with Crippen LogP contribution in [0.2, 0.25) is 0 Å². The molecular weight excluding hydrogens is 366 g/mol. The van der Waals surface area contributed by atoms with Crippen molar-refractivity contribution in [3.8, 4) is 11.6 Å². The van der Waals surface area contributed by atoms with Crippen molar-refractivity contribution in [2.75, 3.05) is 5.32 Å². The number of rotatable bonds is 4. The van der Waals surface area contributed by atoms with E-state index in [9.17, 15) is 22.4 Å². The predicted octanol–water partition coefficient (Wildman–Crippen LogP) is 4.68. The normalized spacial score (nSPS) is 11.1. The molecule has 9 heteroatoms. The summed E-state index contributed by atoms with van der Waals surface area (Å²) in [7, 11) is 0. The molecule has 1 aromatic carbocycles. The smallest absolute Gasteiger partial charge is 0.416 e. The third kappa shape index (κ3) is 4.38. The van der Waals surface area contributed by atoms with Crippen LogP contribution in [-0.2, 0) is 6.18 Å². The Hall–Kier alpha value is -3.49. The summed E-state index contributed by atoms with van der Waals surface area (Å²) >= 11 is 0. The largest absolute Gasteiger partial charge is 0.437 e. The minimum absolute atomic E-state index is 0.0850. The van der Waals surface area contributed by atoms with Crippen LogP contribution in [-0.4, -0.2) is 15.9 Å². The molecule has 0 saturated carbocycles. The van der Waals surface area contributed by atoms with E-state index in [1.807, 2.05) is 0 Å². The van der Waals surface area contributed by atoms with E-state index in [0.717, 1.165) is 0 Å². The number of benzene rings is 1. The third-order valence-corrected chi connectivity index (χ3v) is 3.41. The maximum atomic E-state index is 13.8. The molecule has 3 rings (SSSR count). The van der Waals surface area contributed by atoms with Crippen LogP contribution in [0.4, 0.5) is 23.2 Å². The number of alkyl halides is 3. The van der Waals surface area contributed by atoms with Crippen LogP contribution in [0.3, 0.4) is 0 Å². The third-order valence-electron chi connectivity index (χ3n) is 3.41. The Morgan fingerprint density at radius 1 is 1.07 bits per heavy atom. The number of halogens is 4. The van der Waals surface area contributed by atoms with E-state index in [1.54, 1.807) is 12.1 Å². The van der Waals surface area contributed by atoms with Crippen LogP contribution < -0.4 is 10.1 Å². The molecule has 0 aliphatic rings. The first-order valence-electron chi connectivity index (χ1n) is 7.55. The number of nitrogens with zero attached hydrogens (tertiary/aromatic N) is 2. The lowest BCUT2D eigenvalue weighted by Crippen LogP contribution is -2.15. The van der Waals surface area contributed by atoms with Gasteiger partial charge in [-0.2, -0.15) is 13.2 Å². The summed E-state index contributed by atoms with van der Waals surface area (Å²) in [6.45, 7) is 0. The number of hydrogen-bond donors (Lipinski definition) is 1. The van der Waals surface area contributed by atoms with E-state index in [2.05, 4.69) is 15.3 Å². The van der Waals surface area contributed by atoms with Gasteiger partial charge in [-0.3, -0.25) is 9.78 Å². The summed E-state index contributed by atoms with van der Waals surface area (Å²) in [5.74, 6) is -1.68. The topological polar surface area (TPSA) is 64.1 Å². The highest BCUT2D eigenvalue weighted by Gasteiger charge is 2.31. The average molecular weight is 377 g/mol. The van der Waals surface area contributed by atoms with Crippen molar-refractivity contribution >= 4 is 11.6 Å². The molecule has 0 spiro atoms. The van der Waals surface area contributed by atoms with Gasteiger partial charge in [0.05, 0.1) is 17.4 Å². The molecule has 0 unspecified atom stereocenters. The molecule has 0 radical (unpaired) electrons. The zero-order chi connectivity index (χ0) is 19.4. The molecule has 27 heavy (non-hydrogen) atoms. The van der Waals surface area contributed by atoms with Gasteiger partial charge in [0.2, 0.25) is 5.88 Å². The number of carbonyl (C=O) groups excluding carboxylic acids is 1. The molecular formula is C18H11F4N3O2. The lowest BCUT2D eigenvalue weighted by Gasteiger charge is -2.12. The summed E-state index contributed by atoms with van der Waals surface area (Å²) < 4.78 is 57.7. The van der Waals surface area contributed by atoms with E-state index in [-0.39, 0.29) is 11.4 Å². The fraction of sp³-hybridized carbons (Fsp3) is 0.0556. The minimum Gasteiger partial charge on any atom is -0.437 e. The van der Waals surface area contributed by atoms with Gasteiger partial charge in [-0.1, -0.05) is 0 Å². The zero-order valence-corrected chi connectivity index (χ0v) is 13.5. The monoisotopic (exact) mass is 377 g/mol. The Balaban J connectivity index is 1.87. The molecule has 0 atom stereocenters. The van der Waals surface area contributed by atoms with Crippen molar-refractivity contribution in [1.82, 2.24) is 9.97 Å². The first-order chi connectivity index (χ1) is 12.8. The van der Waals surface area contributed by atoms with Gasteiger partial charge >= 0.3 is 6.18 Å². The van der Waals surface area contributed by atoms with Crippen LogP contribution >= 0.6 is 0 Å². The van der Waals surface area contributed by atoms with Crippen LogP contribution in [0.5, 0.6) is 11.6 Å². The van der Waals surface area contributed by atoms with Crippen molar-refractivity contribution in [2.24, 2.45) is 0 Å². The maximum Gasteiger partial charge on any atom is 0.416 e. The molecule has 3 aromatic rings. The summed E-state index contributed by atoms with van der Waals surface area (Å²) in [6, 6.07) is 7.71. The second-order valence-corrected chi connectivity index (χ2v) is 5.29. The number of amides is 1. The van der Waals surface area contributed by atoms with Crippen LogP contribution in [0.25, 0.3) is 0 Å². The Morgan fingerprint density at radius 3 is 2.56 bits per heavy atom. The van der Waals surface area contributed by atoms with Crippen molar-refractivity contribution in [2.45, 2.75) is 6.18 Å². The zero-order valence-electron chi connectivity index (χ0n) is 13.5. The Kier molecular flexibility index (Phi) is 5.02. The van der Waals surface area contributed by atoms with Gasteiger partial charge < -0.3 is 10.1 Å². The highest BCUT2D eigenvalue weighted by atomic mass is 19.4. The first kappa shape index (κ1) is 18.3. The van der Waals surface area contributed by atoms with Gasteiger partial charge in [-0.05, 0) is 42.5 Å². The van der Waals surface area contributed by atoms with Gasteiger partial charge in [-0.25, -0.2) is 9.37 Å². The quantitative estimate of drug-likeness (QED) is 0.671. The van der Waals surface area contributed by atoms with Gasteiger partial charge in [0, 0.05) is 12.4 Å². The Labute approximate surface area is 150 Å². The van der Waals surface area contributed by atoms with E-state index >= 15 is 0 Å². The van der Waals surface area contributed by atoms with E-state index in [0.29, 0.717) is 23.9 Å². The molecule has 2 heterocycles. The van der Waals surface area contributed by atoms with E-state index in [4.69, 9.17) is 4.74 Å². The fourth-order valence-corrected chi connectivity index (χ4v) is 2.15. The number of ether oxygens (including phenoxy) is 1. The standard InChI is InChI=1S/C18H11F4N3O2/c19-14-6-5-11(18(20,21)22)9-15(14)25-16(26)13-4-2-8-24-17(13)27-12-3-1-7-23-10-12/h1-10H,(H,25,26). The lowest BCUT2D eigenvalue weighted by atomic mass is 10.1. The number of aromatic nitrogens is 2. The van der Waals surface area contributed by atoms with Crippen molar-refractivity contribution in [3.63, 3.8) is 0 Å². The first-order valence-corrected chi connectivity index (χ1v) is 7.55.